The first-order valence-electron chi connectivity index (χ1n) is 6.08. The van der Waals surface area contributed by atoms with Crippen LogP contribution in [0.25, 0.3) is 0 Å². The molecule has 4 nitrogen and oxygen atoms in total. The van der Waals surface area contributed by atoms with Gasteiger partial charge in [0.1, 0.15) is 5.41 Å². The molecule has 0 aliphatic heterocycles. The molecule has 0 unspecified atom stereocenters. The Bertz CT molecular complexity index is 597. The summed E-state index contributed by atoms with van der Waals surface area (Å²) in [5.74, 6) is -2.08. The van der Waals surface area contributed by atoms with E-state index in [1.165, 1.54) is 6.07 Å². The normalized spacial score (nSPS) is 17.0. The molecule has 0 radical (unpaired) electrons. The van der Waals surface area contributed by atoms with Crippen LogP contribution in [0.15, 0.2) is 18.2 Å². The van der Waals surface area contributed by atoms with Gasteiger partial charge >= 0.3 is 12.1 Å². The van der Waals surface area contributed by atoms with E-state index in [0.717, 1.165) is 6.07 Å². The van der Waals surface area contributed by atoms with Crippen molar-refractivity contribution < 1.29 is 27.9 Å². The summed E-state index contributed by atoms with van der Waals surface area (Å²) in [6.07, 6.45) is -3.71. The second kappa shape index (κ2) is 5.22. The van der Waals surface area contributed by atoms with Crippen LogP contribution in [0.2, 0.25) is 5.02 Å². The highest BCUT2D eigenvalue weighted by molar-refractivity contribution is 6.31. The number of hydrogen-bond donors (Lipinski definition) is 2. The zero-order valence-electron chi connectivity index (χ0n) is 10.6. The fourth-order valence-electron chi connectivity index (χ4n) is 2.14. The molecule has 1 aliphatic carbocycles. The van der Waals surface area contributed by atoms with Gasteiger partial charge in [-0.25, -0.2) is 0 Å². The number of carbonyl (C=O) groups excluding carboxylic acids is 1. The molecule has 2 N–H and O–H groups in total. The lowest BCUT2D eigenvalue weighted by Crippen LogP contribution is -2.48. The average molecular weight is 322 g/mol. The Morgan fingerprint density at radius 3 is 2.33 bits per heavy atom. The molecule has 1 saturated carbocycles. The lowest BCUT2D eigenvalue weighted by Gasteiger charge is -2.35. The Morgan fingerprint density at radius 2 is 1.90 bits per heavy atom. The lowest BCUT2D eigenvalue weighted by atomic mass is 9.68. The summed E-state index contributed by atoms with van der Waals surface area (Å²) in [6.45, 7) is 0. The van der Waals surface area contributed by atoms with Gasteiger partial charge in [-0.2, -0.15) is 13.2 Å². The number of hydrogen-bond acceptors (Lipinski definition) is 2. The van der Waals surface area contributed by atoms with E-state index in [1.54, 1.807) is 0 Å². The highest BCUT2D eigenvalue weighted by Gasteiger charge is 2.51. The van der Waals surface area contributed by atoms with E-state index < -0.39 is 34.1 Å². The summed E-state index contributed by atoms with van der Waals surface area (Å²) < 4.78 is 38.1. The van der Waals surface area contributed by atoms with Crippen LogP contribution in [0.4, 0.5) is 18.9 Å². The molecule has 1 amide bonds. The van der Waals surface area contributed by atoms with Gasteiger partial charge in [0.15, 0.2) is 0 Å². The van der Waals surface area contributed by atoms with Crippen LogP contribution >= 0.6 is 11.6 Å². The standard InChI is InChI=1S/C13H11ClF3NO3/c14-9-3-2-7(6-8(9)13(15,16)17)18-10(19)12(11(20)21)4-1-5-12/h2-3,6H,1,4-5H2,(H,18,19)(H,20,21). The minimum Gasteiger partial charge on any atom is -0.480 e. The Morgan fingerprint density at radius 1 is 1.29 bits per heavy atom. The van der Waals surface area contributed by atoms with E-state index >= 15 is 0 Å². The van der Waals surface area contributed by atoms with Crippen molar-refractivity contribution in [2.24, 2.45) is 5.41 Å². The highest BCUT2D eigenvalue weighted by atomic mass is 35.5. The van der Waals surface area contributed by atoms with Crippen LogP contribution in [0.5, 0.6) is 0 Å². The molecule has 0 aromatic heterocycles. The predicted octanol–water partition coefficient (Wildman–Crippen LogP) is 3.55. The molecular formula is C13H11ClF3NO3. The first kappa shape index (κ1) is 15.6. The van der Waals surface area contributed by atoms with Gasteiger partial charge in [0.2, 0.25) is 5.91 Å². The maximum Gasteiger partial charge on any atom is 0.417 e. The quantitative estimate of drug-likeness (QED) is 0.837. The smallest absolute Gasteiger partial charge is 0.417 e. The predicted molar refractivity (Wildman–Crippen MR) is 69.0 cm³/mol. The zero-order valence-corrected chi connectivity index (χ0v) is 11.4. The van der Waals surface area contributed by atoms with Crippen LogP contribution in [0, 0.1) is 5.41 Å². The van der Waals surface area contributed by atoms with Gasteiger partial charge in [-0.3, -0.25) is 9.59 Å². The van der Waals surface area contributed by atoms with Crippen molar-refractivity contribution >= 4 is 29.2 Å². The van der Waals surface area contributed by atoms with Gasteiger partial charge in [-0.15, -0.1) is 0 Å². The molecule has 0 spiro atoms. The fourth-order valence-corrected chi connectivity index (χ4v) is 2.36. The van der Waals surface area contributed by atoms with Crippen molar-refractivity contribution in [1.29, 1.82) is 0 Å². The number of alkyl halides is 3. The van der Waals surface area contributed by atoms with Crippen LogP contribution in [0.3, 0.4) is 0 Å². The molecule has 0 bridgehead atoms. The molecule has 1 aromatic rings. The van der Waals surface area contributed by atoms with Crippen molar-refractivity contribution in [3.05, 3.63) is 28.8 Å². The summed E-state index contributed by atoms with van der Waals surface area (Å²) in [5, 5.41) is 10.8. The molecule has 1 fully saturated rings. The maximum atomic E-state index is 12.7. The van der Waals surface area contributed by atoms with E-state index in [1.807, 2.05) is 0 Å². The number of rotatable bonds is 3. The number of benzene rings is 1. The second-order valence-corrected chi connectivity index (χ2v) is 5.29. The van der Waals surface area contributed by atoms with E-state index in [0.29, 0.717) is 12.5 Å². The minimum atomic E-state index is -4.65. The Balaban J connectivity index is 2.25. The molecule has 114 valence electrons. The molecular weight excluding hydrogens is 311 g/mol. The molecule has 2 rings (SSSR count). The number of carboxylic acid groups (broad SMARTS) is 1. The summed E-state index contributed by atoms with van der Waals surface area (Å²) in [5.41, 5.74) is -2.76. The molecule has 8 heteroatoms. The van der Waals surface area contributed by atoms with Crippen LogP contribution in [-0.2, 0) is 15.8 Å². The number of halogens is 4. The topological polar surface area (TPSA) is 66.4 Å². The van der Waals surface area contributed by atoms with Crippen LogP contribution in [0.1, 0.15) is 24.8 Å². The summed E-state index contributed by atoms with van der Waals surface area (Å²) in [6, 6.07) is 2.90. The third-order valence-electron chi connectivity index (χ3n) is 3.58. The largest absolute Gasteiger partial charge is 0.480 e. The number of aliphatic carboxylic acids is 1. The lowest BCUT2D eigenvalue weighted by molar-refractivity contribution is -0.159. The highest BCUT2D eigenvalue weighted by Crippen LogP contribution is 2.42. The number of carboxylic acids is 1. The zero-order chi connectivity index (χ0) is 15.8. The SMILES string of the molecule is O=C(O)C1(C(=O)Nc2ccc(Cl)c(C(F)(F)F)c2)CCC1. The van der Waals surface area contributed by atoms with Crippen molar-refractivity contribution in [3.8, 4) is 0 Å². The van der Waals surface area contributed by atoms with Gasteiger partial charge in [-0.05, 0) is 31.0 Å². The summed E-state index contributed by atoms with van der Waals surface area (Å²) >= 11 is 5.47. The number of amides is 1. The first-order valence-corrected chi connectivity index (χ1v) is 6.46. The van der Waals surface area contributed by atoms with Crippen LogP contribution < -0.4 is 5.32 Å². The molecule has 21 heavy (non-hydrogen) atoms. The van der Waals surface area contributed by atoms with Gasteiger partial charge in [0.05, 0.1) is 10.6 Å². The van der Waals surface area contributed by atoms with Gasteiger partial charge in [-0.1, -0.05) is 18.0 Å². The Labute approximate surface area is 122 Å². The van der Waals surface area contributed by atoms with Crippen molar-refractivity contribution in [2.75, 3.05) is 5.32 Å². The van der Waals surface area contributed by atoms with Crippen molar-refractivity contribution in [2.45, 2.75) is 25.4 Å². The van der Waals surface area contributed by atoms with Gasteiger partial charge in [0.25, 0.3) is 0 Å². The second-order valence-electron chi connectivity index (χ2n) is 4.89. The summed E-state index contributed by atoms with van der Waals surface area (Å²) in [4.78, 5) is 23.2. The third kappa shape index (κ3) is 2.83. The summed E-state index contributed by atoms with van der Waals surface area (Å²) in [7, 11) is 0. The van der Waals surface area contributed by atoms with Gasteiger partial charge < -0.3 is 10.4 Å². The monoisotopic (exact) mass is 321 g/mol. The third-order valence-corrected chi connectivity index (χ3v) is 3.91. The van der Waals surface area contributed by atoms with E-state index in [-0.39, 0.29) is 18.5 Å². The molecule has 0 atom stereocenters. The Kier molecular flexibility index (Phi) is 3.88. The van der Waals surface area contributed by atoms with Crippen LogP contribution in [-0.4, -0.2) is 17.0 Å². The molecule has 1 aliphatic rings. The first-order chi connectivity index (χ1) is 9.67. The van der Waals surface area contributed by atoms with Crippen molar-refractivity contribution in [3.63, 3.8) is 0 Å². The van der Waals surface area contributed by atoms with Crippen molar-refractivity contribution in [1.82, 2.24) is 0 Å². The van der Waals surface area contributed by atoms with E-state index in [4.69, 9.17) is 16.7 Å². The van der Waals surface area contributed by atoms with Gasteiger partial charge in [0, 0.05) is 5.69 Å². The number of carbonyl (C=O) groups is 2. The van der Waals surface area contributed by atoms with E-state index in [9.17, 15) is 22.8 Å². The van der Waals surface area contributed by atoms with E-state index in [2.05, 4.69) is 5.32 Å². The fraction of sp³-hybridized carbons (Fsp3) is 0.385. The number of anilines is 1. The number of nitrogens with one attached hydrogen (secondary N) is 1. The Hall–Kier alpha value is -1.76. The molecule has 1 aromatic carbocycles. The maximum absolute atomic E-state index is 12.7. The minimum absolute atomic E-state index is 0.135. The average Bonchev–Trinajstić information content (AvgIpc) is 2.28. The molecule has 0 heterocycles. The molecule has 0 saturated heterocycles.